The van der Waals surface area contributed by atoms with Gasteiger partial charge in [0.25, 0.3) is 0 Å². The minimum atomic E-state index is -3.66. The highest BCUT2D eigenvalue weighted by Gasteiger charge is 2.27. The van der Waals surface area contributed by atoms with Gasteiger partial charge in [0.2, 0.25) is 9.84 Å². The zero-order valence-electron chi connectivity index (χ0n) is 20.2. The van der Waals surface area contributed by atoms with Gasteiger partial charge in [0.1, 0.15) is 10.6 Å². The Labute approximate surface area is 214 Å². The molecule has 0 atom stereocenters. The standard InChI is InChI=1S/C28H32N2O3S.ClH/c1-22(2)26-21-30-19-7-6-11-27(30)28(26)34(31,32)25-14-12-24(13-15-25)33-20-8-17-29-18-16-23-9-4-3-5-10-23;/h3-7,9-15,19,21-22,29H,8,16-18,20H2,1-2H3;1H. The minimum absolute atomic E-state index is 0. The summed E-state index contributed by atoms with van der Waals surface area (Å²) in [5, 5.41) is 3.43. The monoisotopic (exact) mass is 512 g/mol. The molecule has 5 nitrogen and oxygen atoms in total. The smallest absolute Gasteiger partial charge is 0.209 e. The van der Waals surface area contributed by atoms with Crippen molar-refractivity contribution in [2.45, 2.75) is 42.4 Å². The van der Waals surface area contributed by atoms with E-state index < -0.39 is 9.84 Å². The van der Waals surface area contributed by atoms with Crippen molar-refractivity contribution >= 4 is 27.8 Å². The quantitative estimate of drug-likeness (QED) is 0.253. The fourth-order valence-electron chi connectivity index (χ4n) is 4.04. The molecule has 0 aliphatic rings. The van der Waals surface area contributed by atoms with E-state index in [0.717, 1.165) is 31.5 Å². The molecule has 0 spiro atoms. The number of benzene rings is 2. The molecule has 4 rings (SSSR count). The van der Waals surface area contributed by atoms with Gasteiger partial charge >= 0.3 is 0 Å². The lowest BCUT2D eigenvalue weighted by molar-refractivity contribution is 0.308. The SMILES string of the molecule is CC(C)c1cn2ccccc2c1S(=O)(=O)c1ccc(OCCCNCCc2ccccc2)cc1.Cl. The molecule has 0 aliphatic carbocycles. The van der Waals surface area contributed by atoms with Crippen LogP contribution in [0.4, 0.5) is 0 Å². The van der Waals surface area contributed by atoms with Crippen LogP contribution in [0, 0.1) is 0 Å². The van der Waals surface area contributed by atoms with Crippen molar-refractivity contribution in [1.29, 1.82) is 0 Å². The van der Waals surface area contributed by atoms with Crippen LogP contribution < -0.4 is 10.1 Å². The molecule has 0 saturated heterocycles. The number of aromatic nitrogens is 1. The fraction of sp³-hybridized carbons (Fsp3) is 0.286. The summed E-state index contributed by atoms with van der Waals surface area (Å²) in [6, 6.07) is 22.8. The van der Waals surface area contributed by atoms with Gasteiger partial charge in [-0.1, -0.05) is 50.2 Å². The van der Waals surface area contributed by atoms with Crippen LogP contribution in [0.25, 0.3) is 5.52 Å². The molecule has 0 fully saturated rings. The van der Waals surface area contributed by atoms with E-state index in [1.165, 1.54) is 5.56 Å². The van der Waals surface area contributed by atoms with Crippen molar-refractivity contribution in [3.05, 3.63) is 96.3 Å². The summed E-state index contributed by atoms with van der Waals surface area (Å²) in [6.45, 7) is 6.41. The van der Waals surface area contributed by atoms with Crippen LogP contribution in [0.2, 0.25) is 0 Å². The Kier molecular flexibility index (Phi) is 9.38. The van der Waals surface area contributed by atoms with Crippen molar-refractivity contribution in [2.75, 3.05) is 19.7 Å². The molecular formula is C28H33ClN2O3S. The van der Waals surface area contributed by atoms with E-state index in [0.29, 0.717) is 22.8 Å². The van der Waals surface area contributed by atoms with Gasteiger partial charge in [-0.15, -0.1) is 12.4 Å². The van der Waals surface area contributed by atoms with Gasteiger partial charge in [-0.05, 0) is 79.4 Å². The van der Waals surface area contributed by atoms with E-state index in [1.54, 1.807) is 24.3 Å². The number of pyridine rings is 1. The Bertz CT molecular complexity index is 1320. The lowest BCUT2D eigenvalue weighted by Gasteiger charge is -2.11. The van der Waals surface area contributed by atoms with Crippen LogP contribution in [-0.4, -0.2) is 32.5 Å². The molecule has 1 N–H and O–H groups in total. The van der Waals surface area contributed by atoms with Crippen LogP contribution in [0.5, 0.6) is 5.75 Å². The average Bonchev–Trinajstić information content (AvgIpc) is 3.25. The maximum Gasteiger partial charge on any atom is 0.209 e. The van der Waals surface area contributed by atoms with E-state index in [-0.39, 0.29) is 23.2 Å². The number of rotatable bonds is 11. The second-order valence-corrected chi connectivity index (χ2v) is 10.6. The van der Waals surface area contributed by atoms with E-state index in [2.05, 4.69) is 29.6 Å². The Morgan fingerprint density at radius 2 is 1.63 bits per heavy atom. The summed E-state index contributed by atoms with van der Waals surface area (Å²) in [4.78, 5) is 0.666. The predicted octanol–water partition coefficient (Wildman–Crippen LogP) is 5.92. The van der Waals surface area contributed by atoms with Crippen LogP contribution in [0.3, 0.4) is 0 Å². The van der Waals surface area contributed by atoms with E-state index in [1.807, 2.05) is 54.9 Å². The summed E-state index contributed by atoms with van der Waals surface area (Å²) in [6.07, 6.45) is 5.68. The summed E-state index contributed by atoms with van der Waals surface area (Å²) >= 11 is 0. The van der Waals surface area contributed by atoms with E-state index in [9.17, 15) is 8.42 Å². The van der Waals surface area contributed by atoms with Crippen molar-refractivity contribution < 1.29 is 13.2 Å². The number of hydrogen-bond acceptors (Lipinski definition) is 4. The molecule has 2 heterocycles. The summed E-state index contributed by atoms with van der Waals surface area (Å²) in [5.41, 5.74) is 2.85. The second kappa shape index (κ2) is 12.2. The molecule has 186 valence electrons. The molecule has 0 bridgehead atoms. The fourth-order valence-corrected chi connectivity index (χ4v) is 5.82. The van der Waals surface area contributed by atoms with Crippen molar-refractivity contribution in [2.24, 2.45) is 0 Å². The topological polar surface area (TPSA) is 59.8 Å². The molecule has 2 aromatic heterocycles. The highest BCUT2D eigenvalue weighted by atomic mass is 35.5. The van der Waals surface area contributed by atoms with Gasteiger partial charge in [-0.25, -0.2) is 8.42 Å². The van der Waals surface area contributed by atoms with Crippen molar-refractivity contribution in [3.8, 4) is 5.75 Å². The van der Waals surface area contributed by atoms with Gasteiger partial charge in [0, 0.05) is 12.4 Å². The predicted molar refractivity (Wildman–Crippen MR) is 144 cm³/mol. The first-order chi connectivity index (χ1) is 16.5. The molecule has 0 unspecified atom stereocenters. The number of hydrogen-bond donors (Lipinski definition) is 1. The molecule has 2 aromatic carbocycles. The van der Waals surface area contributed by atoms with Gasteiger partial charge in [0.15, 0.2) is 0 Å². The van der Waals surface area contributed by atoms with Crippen LogP contribution >= 0.6 is 12.4 Å². The van der Waals surface area contributed by atoms with Crippen molar-refractivity contribution in [3.63, 3.8) is 0 Å². The lowest BCUT2D eigenvalue weighted by Crippen LogP contribution is -2.20. The first-order valence-corrected chi connectivity index (χ1v) is 13.3. The first kappa shape index (κ1) is 26.8. The van der Waals surface area contributed by atoms with Crippen LogP contribution in [0.1, 0.15) is 37.3 Å². The maximum absolute atomic E-state index is 13.5. The number of sulfone groups is 1. The van der Waals surface area contributed by atoms with Crippen molar-refractivity contribution in [1.82, 2.24) is 9.72 Å². The third-order valence-electron chi connectivity index (χ3n) is 5.89. The molecule has 0 aliphatic heterocycles. The highest BCUT2D eigenvalue weighted by molar-refractivity contribution is 7.91. The molecular weight excluding hydrogens is 480 g/mol. The Morgan fingerprint density at radius 1 is 0.914 bits per heavy atom. The molecule has 0 amide bonds. The number of fused-ring (bicyclic) bond motifs is 1. The zero-order chi connectivity index (χ0) is 24.0. The van der Waals surface area contributed by atoms with Crippen LogP contribution in [0.15, 0.2) is 95.0 Å². The molecule has 0 saturated carbocycles. The first-order valence-electron chi connectivity index (χ1n) is 11.8. The summed E-state index contributed by atoms with van der Waals surface area (Å²) in [7, 11) is -3.66. The summed E-state index contributed by atoms with van der Waals surface area (Å²) in [5.74, 6) is 0.766. The molecule has 35 heavy (non-hydrogen) atoms. The van der Waals surface area contributed by atoms with Crippen LogP contribution in [-0.2, 0) is 16.3 Å². The zero-order valence-corrected chi connectivity index (χ0v) is 21.8. The van der Waals surface area contributed by atoms with E-state index >= 15 is 0 Å². The minimum Gasteiger partial charge on any atom is -0.494 e. The third kappa shape index (κ3) is 6.45. The van der Waals surface area contributed by atoms with Gasteiger partial charge in [0.05, 0.1) is 17.0 Å². The third-order valence-corrected chi connectivity index (χ3v) is 7.76. The highest BCUT2D eigenvalue weighted by Crippen LogP contribution is 2.34. The normalized spacial score (nSPS) is 11.5. The van der Waals surface area contributed by atoms with Gasteiger partial charge in [-0.2, -0.15) is 0 Å². The Hall–Kier alpha value is -2.80. The number of nitrogens with one attached hydrogen (secondary N) is 1. The van der Waals surface area contributed by atoms with Gasteiger partial charge in [-0.3, -0.25) is 0 Å². The van der Waals surface area contributed by atoms with E-state index in [4.69, 9.17) is 4.74 Å². The largest absolute Gasteiger partial charge is 0.494 e. The molecule has 0 radical (unpaired) electrons. The molecule has 7 heteroatoms. The maximum atomic E-state index is 13.5. The number of halogens is 1. The average molecular weight is 513 g/mol. The number of ether oxygens (including phenoxy) is 1. The second-order valence-electron chi connectivity index (χ2n) is 8.72. The summed E-state index contributed by atoms with van der Waals surface area (Å²) < 4.78 is 34.8. The Morgan fingerprint density at radius 3 is 2.34 bits per heavy atom. The van der Waals surface area contributed by atoms with Gasteiger partial charge < -0.3 is 14.5 Å². The Balaban J connectivity index is 0.00000342. The number of nitrogens with zero attached hydrogens (tertiary/aromatic N) is 1. The lowest BCUT2D eigenvalue weighted by atomic mass is 10.1. The molecule has 4 aromatic rings.